The van der Waals surface area contributed by atoms with Crippen LogP contribution in [0.2, 0.25) is 0 Å². The van der Waals surface area contributed by atoms with E-state index in [2.05, 4.69) is 70.7 Å². The maximum Gasteiger partial charge on any atom is 0.309 e. The lowest BCUT2D eigenvalue weighted by molar-refractivity contribution is -0.235. The summed E-state index contributed by atoms with van der Waals surface area (Å²) in [5.74, 6) is -0.00154. The molecule has 10 atom stereocenters. The minimum atomic E-state index is -1.17. The van der Waals surface area contributed by atoms with Crippen molar-refractivity contribution in [2.24, 2.45) is 56.2 Å². The number of aliphatic hydroxyl groups excluding tert-OH is 1. The van der Waals surface area contributed by atoms with Crippen molar-refractivity contribution >= 4 is 17.7 Å². The highest BCUT2D eigenvalue weighted by Gasteiger charge is 2.70. The second kappa shape index (κ2) is 14.1. The van der Waals surface area contributed by atoms with Gasteiger partial charge in [-0.25, -0.2) is 9.97 Å². The standard InChI is InChI=1S/C43H65N3O6.CH4/c1-25(2)35-29(47)19-43(32(48)23-46-26(3)27-21-44-24-45-22-27)18-17-41(9)28(36(35)43)11-12-31-40(8)15-14-33(52-34(49)20-38(4,5)37(50)51)39(6,7)30(40)13-16-42(31,41)10;/h21-22,24-26,28,30-33,46,48H,11-20,23H2,1-10H3,(H,50,51);1H4/t26-,28-,30+,31-,32+,33+,40+,41-,42-,43+;/m1./s1. The van der Waals surface area contributed by atoms with Crippen LogP contribution in [0.1, 0.15) is 152 Å². The molecule has 0 spiro atoms. The molecule has 4 saturated carbocycles. The minimum absolute atomic E-state index is 0. The van der Waals surface area contributed by atoms with E-state index in [1.165, 1.54) is 11.9 Å². The number of carbonyl (C=O) groups is 3. The second-order valence-electron chi connectivity index (χ2n) is 19.9. The van der Waals surface area contributed by atoms with Crippen LogP contribution in [0.3, 0.4) is 0 Å². The van der Waals surface area contributed by atoms with Crippen molar-refractivity contribution < 1.29 is 29.3 Å². The van der Waals surface area contributed by atoms with Crippen LogP contribution in [-0.2, 0) is 19.1 Å². The summed E-state index contributed by atoms with van der Waals surface area (Å²) < 4.78 is 6.16. The summed E-state index contributed by atoms with van der Waals surface area (Å²) in [6.45, 7) is 22.1. The summed E-state index contributed by atoms with van der Waals surface area (Å²) in [5.41, 5.74) is 1.35. The number of hydrogen-bond donors (Lipinski definition) is 3. The van der Waals surface area contributed by atoms with Gasteiger partial charge in [-0.1, -0.05) is 61.5 Å². The predicted octanol–water partition coefficient (Wildman–Crippen LogP) is 8.52. The molecule has 5 aliphatic rings. The van der Waals surface area contributed by atoms with Gasteiger partial charge in [-0.3, -0.25) is 14.4 Å². The first kappa shape index (κ1) is 41.5. The van der Waals surface area contributed by atoms with Gasteiger partial charge in [0.15, 0.2) is 5.78 Å². The van der Waals surface area contributed by atoms with Crippen molar-refractivity contribution in [2.75, 3.05) is 6.54 Å². The van der Waals surface area contributed by atoms with E-state index in [0.717, 1.165) is 62.5 Å². The molecule has 9 nitrogen and oxygen atoms in total. The Hall–Kier alpha value is -2.65. The van der Waals surface area contributed by atoms with E-state index in [-0.39, 0.29) is 65.3 Å². The fourth-order valence-electron chi connectivity index (χ4n) is 13.0. The maximum atomic E-state index is 14.0. The molecule has 3 N–H and O–H groups in total. The molecule has 0 aliphatic heterocycles. The number of rotatable bonds is 10. The third kappa shape index (κ3) is 6.41. The number of nitrogens with zero attached hydrogens (tertiary/aromatic N) is 2. The first-order valence-electron chi connectivity index (χ1n) is 20.0. The van der Waals surface area contributed by atoms with E-state index in [0.29, 0.717) is 24.8 Å². The van der Waals surface area contributed by atoms with Gasteiger partial charge < -0.3 is 20.3 Å². The molecule has 0 unspecified atom stereocenters. The molecule has 0 aromatic carbocycles. The summed E-state index contributed by atoms with van der Waals surface area (Å²) >= 11 is 0. The van der Waals surface area contributed by atoms with Gasteiger partial charge >= 0.3 is 11.9 Å². The van der Waals surface area contributed by atoms with Crippen LogP contribution in [0.5, 0.6) is 0 Å². The summed E-state index contributed by atoms with van der Waals surface area (Å²) in [5, 5.41) is 25.4. The van der Waals surface area contributed by atoms with Gasteiger partial charge in [0.1, 0.15) is 12.4 Å². The lowest BCUT2D eigenvalue weighted by Gasteiger charge is -2.72. The maximum absolute atomic E-state index is 14.0. The molecule has 6 rings (SSSR count). The number of ketones is 1. The highest BCUT2D eigenvalue weighted by Crippen LogP contribution is 2.77. The SMILES string of the molecule is C.CC(C)C1=C2[C@H]3CC[C@@H]4[C@@]5(C)CC[C@H](OC(=O)CC(C)(C)C(=O)O)C(C)(C)[C@@H]5CC[C@@]4(C)[C@]3(C)CC[C@@]2([C@@H](O)CN[C@H](C)c2cncnc2)CC1=O. The molecule has 296 valence electrons. The lowest BCUT2D eigenvalue weighted by Crippen LogP contribution is -2.66. The van der Waals surface area contributed by atoms with Crippen molar-refractivity contribution in [3.05, 3.63) is 35.4 Å². The number of allylic oxidation sites excluding steroid dienone is 1. The number of aliphatic carboxylic acids is 1. The Kier molecular flexibility index (Phi) is 11.1. The zero-order valence-corrected chi connectivity index (χ0v) is 33.5. The Bertz CT molecular complexity index is 1600. The Morgan fingerprint density at radius 1 is 0.943 bits per heavy atom. The molecule has 0 amide bonds. The Morgan fingerprint density at radius 2 is 1.60 bits per heavy atom. The molecular formula is C44H69N3O6. The quantitative estimate of drug-likeness (QED) is 0.202. The first-order valence-corrected chi connectivity index (χ1v) is 20.0. The Labute approximate surface area is 318 Å². The third-order valence-corrected chi connectivity index (χ3v) is 16.2. The van der Waals surface area contributed by atoms with Gasteiger partial charge in [-0.15, -0.1) is 0 Å². The Balaban J connectivity index is 0.00000541. The lowest BCUT2D eigenvalue weighted by atomic mass is 9.33. The van der Waals surface area contributed by atoms with Crippen molar-refractivity contribution in [1.29, 1.82) is 0 Å². The highest BCUT2D eigenvalue weighted by atomic mass is 16.5. The number of esters is 1. The molecule has 53 heavy (non-hydrogen) atoms. The van der Waals surface area contributed by atoms with Gasteiger partial charge in [-0.2, -0.15) is 0 Å². The molecule has 1 aromatic heterocycles. The number of hydrogen-bond acceptors (Lipinski definition) is 8. The molecule has 1 heterocycles. The molecule has 0 radical (unpaired) electrons. The van der Waals surface area contributed by atoms with Gasteiger partial charge in [0.05, 0.1) is 17.9 Å². The number of ether oxygens (including phenoxy) is 1. The molecule has 5 aliphatic carbocycles. The first-order chi connectivity index (χ1) is 24.2. The van der Waals surface area contributed by atoms with E-state index >= 15 is 0 Å². The zero-order valence-electron chi connectivity index (χ0n) is 33.5. The fraction of sp³-hybridized carbons (Fsp3) is 0.795. The van der Waals surface area contributed by atoms with E-state index in [9.17, 15) is 24.6 Å². The summed E-state index contributed by atoms with van der Waals surface area (Å²) in [7, 11) is 0. The number of carboxylic acids is 1. The average Bonchev–Trinajstić information content (AvgIpc) is 3.38. The number of nitrogens with one attached hydrogen (secondary N) is 1. The van der Waals surface area contributed by atoms with E-state index in [1.54, 1.807) is 26.2 Å². The number of aromatic nitrogens is 2. The molecular weight excluding hydrogens is 666 g/mol. The van der Waals surface area contributed by atoms with Crippen LogP contribution < -0.4 is 5.32 Å². The Morgan fingerprint density at radius 3 is 2.23 bits per heavy atom. The molecule has 1 aromatic rings. The molecule has 9 heteroatoms. The number of aliphatic hydroxyl groups is 1. The van der Waals surface area contributed by atoms with Gasteiger partial charge in [0.25, 0.3) is 0 Å². The van der Waals surface area contributed by atoms with E-state index in [1.807, 2.05) is 0 Å². The number of Topliss-reactive ketones (excluding diaryl/α,β-unsaturated/α-hetero) is 1. The number of carbonyl (C=O) groups excluding carboxylic acids is 2. The van der Waals surface area contributed by atoms with Crippen LogP contribution in [0, 0.1) is 56.2 Å². The van der Waals surface area contributed by atoms with E-state index in [4.69, 9.17) is 4.74 Å². The topological polar surface area (TPSA) is 139 Å². The van der Waals surface area contributed by atoms with Crippen molar-refractivity contribution in [1.82, 2.24) is 15.3 Å². The molecule has 4 fully saturated rings. The van der Waals surface area contributed by atoms with Gasteiger partial charge in [-0.05, 0) is 118 Å². The van der Waals surface area contributed by atoms with Crippen LogP contribution in [0.4, 0.5) is 0 Å². The predicted molar refractivity (Wildman–Crippen MR) is 207 cm³/mol. The summed E-state index contributed by atoms with van der Waals surface area (Å²) in [6.07, 6.45) is 12.2. The number of fused-ring (bicyclic) bond motifs is 7. The average molecular weight is 736 g/mol. The monoisotopic (exact) mass is 736 g/mol. The normalized spacial score (nSPS) is 37.4. The summed E-state index contributed by atoms with van der Waals surface area (Å²) in [4.78, 5) is 47.2. The highest BCUT2D eigenvalue weighted by molar-refractivity contribution is 6.00. The van der Waals surface area contributed by atoms with Crippen LogP contribution in [0.25, 0.3) is 0 Å². The number of carboxylic acid groups (broad SMARTS) is 1. The van der Waals surface area contributed by atoms with Crippen LogP contribution in [-0.4, -0.2) is 56.7 Å². The van der Waals surface area contributed by atoms with Crippen molar-refractivity contribution in [3.63, 3.8) is 0 Å². The van der Waals surface area contributed by atoms with Crippen LogP contribution in [0.15, 0.2) is 29.9 Å². The van der Waals surface area contributed by atoms with Crippen LogP contribution >= 0.6 is 0 Å². The van der Waals surface area contributed by atoms with Crippen molar-refractivity contribution in [3.8, 4) is 0 Å². The zero-order chi connectivity index (χ0) is 38.2. The van der Waals surface area contributed by atoms with Crippen molar-refractivity contribution in [2.45, 2.75) is 159 Å². The fourth-order valence-corrected chi connectivity index (χ4v) is 13.0. The summed E-state index contributed by atoms with van der Waals surface area (Å²) in [6, 6.07) is -0.0278. The molecule has 0 bridgehead atoms. The smallest absolute Gasteiger partial charge is 0.309 e. The largest absolute Gasteiger partial charge is 0.481 e. The van der Waals surface area contributed by atoms with Gasteiger partial charge in [0, 0.05) is 47.8 Å². The second-order valence-corrected chi connectivity index (χ2v) is 19.9. The van der Waals surface area contributed by atoms with Gasteiger partial charge in [0.2, 0.25) is 0 Å². The minimum Gasteiger partial charge on any atom is -0.481 e. The third-order valence-electron chi connectivity index (χ3n) is 16.2. The molecule has 0 saturated heterocycles. The van der Waals surface area contributed by atoms with E-state index < -0.39 is 28.9 Å².